The fraction of sp³-hybridized carbons (Fsp3) is 0.400. The first-order valence-corrected chi connectivity index (χ1v) is 4.61. The topological polar surface area (TPSA) is 68.7 Å². The number of hydrogen-bond donors (Lipinski definition) is 1. The number of nitrogens with zero attached hydrogens (tertiary/aromatic N) is 1. The molecule has 0 aromatic carbocycles. The summed E-state index contributed by atoms with van der Waals surface area (Å²) in [5.74, 6) is -1.32. The lowest BCUT2D eigenvalue weighted by Gasteiger charge is -2.14. The van der Waals surface area contributed by atoms with Crippen molar-refractivity contribution in [2.24, 2.45) is 0 Å². The molecule has 0 aliphatic carbocycles. The second kappa shape index (κ2) is 5.42. The molecule has 0 aliphatic heterocycles. The van der Waals surface area contributed by atoms with Crippen molar-refractivity contribution in [3.8, 4) is 11.5 Å². The first-order chi connectivity index (χ1) is 8.01. The van der Waals surface area contributed by atoms with Gasteiger partial charge in [0, 0.05) is 0 Å². The minimum absolute atomic E-state index is 0.0489. The van der Waals surface area contributed by atoms with Crippen LogP contribution in [0.5, 0.6) is 11.5 Å². The summed E-state index contributed by atoms with van der Waals surface area (Å²) in [6.45, 7) is 0. The maximum Gasteiger partial charge on any atom is 0.308 e. The minimum Gasteiger partial charge on any atom is -0.495 e. The Bertz CT molecular complexity index is 423. The monoisotopic (exact) mass is 247 g/mol. The Morgan fingerprint density at radius 1 is 1.47 bits per heavy atom. The van der Waals surface area contributed by atoms with E-state index in [1.165, 1.54) is 14.2 Å². The van der Waals surface area contributed by atoms with Gasteiger partial charge in [-0.15, -0.1) is 0 Å². The van der Waals surface area contributed by atoms with Crippen LogP contribution in [0.1, 0.15) is 17.7 Å². The highest BCUT2D eigenvalue weighted by molar-refractivity contribution is 5.73. The van der Waals surface area contributed by atoms with E-state index in [4.69, 9.17) is 14.6 Å². The van der Waals surface area contributed by atoms with Gasteiger partial charge in [0.15, 0.2) is 5.75 Å². The number of ether oxygens (including phenoxy) is 2. The molecular formula is C10H11F2NO4. The zero-order valence-corrected chi connectivity index (χ0v) is 9.24. The van der Waals surface area contributed by atoms with Gasteiger partial charge in [-0.25, -0.2) is 13.8 Å². The third kappa shape index (κ3) is 2.80. The Morgan fingerprint density at radius 3 is 2.53 bits per heavy atom. The van der Waals surface area contributed by atoms with Crippen molar-refractivity contribution < 1.29 is 28.2 Å². The number of pyridine rings is 1. The zero-order valence-electron chi connectivity index (χ0n) is 9.24. The number of hydrogen-bond acceptors (Lipinski definition) is 4. The second-order valence-corrected chi connectivity index (χ2v) is 3.09. The van der Waals surface area contributed by atoms with Crippen molar-refractivity contribution in [2.75, 3.05) is 14.2 Å². The maximum absolute atomic E-state index is 12.6. The highest BCUT2D eigenvalue weighted by Gasteiger charge is 2.23. The van der Waals surface area contributed by atoms with Gasteiger partial charge in [-0.3, -0.25) is 4.79 Å². The number of halogens is 2. The van der Waals surface area contributed by atoms with Gasteiger partial charge in [0.05, 0.1) is 32.4 Å². The van der Waals surface area contributed by atoms with Crippen LogP contribution in [0.2, 0.25) is 0 Å². The number of carboxylic acids is 1. The molecule has 0 bridgehead atoms. The lowest BCUT2D eigenvalue weighted by atomic mass is 10.1. The first kappa shape index (κ1) is 13.1. The number of rotatable bonds is 5. The van der Waals surface area contributed by atoms with Crippen molar-refractivity contribution in [3.63, 3.8) is 0 Å². The molecular weight excluding hydrogens is 236 g/mol. The summed E-state index contributed by atoms with van der Waals surface area (Å²) >= 11 is 0. The van der Waals surface area contributed by atoms with Crippen LogP contribution in [0.3, 0.4) is 0 Å². The lowest BCUT2D eigenvalue weighted by molar-refractivity contribution is -0.136. The molecule has 0 saturated heterocycles. The van der Waals surface area contributed by atoms with Crippen LogP contribution in [0.15, 0.2) is 6.20 Å². The average molecular weight is 247 g/mol. The number of carboxylic acid groups (broad SMARTS) is 1. The smallest absolute Gasteiger partial charge is 0.308 e. The van der Waals surface area contributed by atoms with Crippen molar-refractivity contribution in [1.29, 1.82) is 0 Å². The molecule has 0 atom stereocenters. The highest BCUT2D eigenvalue weighted by atomic mass is 19.3. The van der Waals surface area contributed by atoms with E-state index in [2.05, 4.69) is 4.98 Å². The Morgan fingerprint density at radius 2 is 2.12 bits per heavy atom. The number of methoxy groups -OCH3 is 2. The molecule has 7 heteroatoms. The predicted molar refractivity (Wildman–Crippen MR) is 53.6 cm³/mol. The van der Waals surface area contributed by atoms with E-state index < -0.39 is 24.5 Å². The van der Waals surface area contributed by atoms with Crippen molar-refractivity contribution in [2.45, 2.75) is 12.8 Å². The van der Waals surface area contributed by atoms with Gasteiger partial charge < -0.3 is 14.6 Å². The van der Waals surface area contributed by atoms with Gasteiger partial charge in [0.1, 0.15) is 11.4 Å². The summed E-state index contributed by atoms with van der Waals surface area (Å²) < 4.78 is 34.9. The number of aliphatic carboxylic acids is 1. The SMILES string of the molecule is COc1cnc(C(F)F)c(OC)c1CC(=O)O. The summed E-state index contributed by atoms with van der Waals surface area (Å²) in [5.41, 5.74) is -0.544. The molecule has 17 heavy (non-hydrogen) atoms. The molecule has 0 saturated carbocycles. The van der Waals surface area contributed by atoms with Gasteiger partial charge in [0.25, 0.3) is 6.43 Å². The van der Waals surface area contributed by atoms with E-state index in [0.29, 0.717) is 0 Å². The first-order valence-electron chi connectivity index (χ1n) is 4.61. The largest absolute Gasteiger partial charge is 0.495 e. The molecule has 0 spiro atoms. The van der Waals surface area contributed by atoms with Crippen LogP contribution >= 0.6 is 0 Å². The van der Waals surface area contributed by atoms with Crippen LogP contribution in [0, 0.1) is 0 Å². The maximum atomic E-state index is 12.6. The Labute approximate surface area is 96.0 Å². The average Bonchev–Trinajstić information content (AvgIpc) is 2.27. The van der Waals surface area contributed by atoms with E-state index in [1.54, 1.807) is 0 Å². The standard InChI is InChI=1S/C10H11F2NO4/c1-16-6-4-13-8(10(11)12)9(17-2)5(6)3-7(14)15/h4,10H,3H2,1-2H3,(H,14,15). The van der Waals surface area contributed by atoms with Crippen molar-refractivity contribution >= 4 is 5.97 Å². The van der Waals surface area contributed by atoms with Crippen molar-refractivity contribution in [3.05, 3.63) is 17.5 Å². The van der Waals surface area contributed by atoms with E-state index in [-0.39, 0.29) is 17.1 Å². The van der Waals surface area contributed by atoms with E-state index >= 15 is 0 Å². The van der Waals surface area contributed by atoms with Gasteiger partial charge in [-0.2, -0.15) is 0 Å². The molecule has 0 unspecified atom stereocenters. The molecule has 0 fully saturated rings. The number of carbonyl (C=O) groups is 1. The van der Waals surface area contributed by atoms with Crippen LogP contribution in [-0.4, -0.2) is 30.3 Å². The van der Waals surface area contributed by atoms with Gasteiger partial charge in [0.2, 0.25) is 0 Å². The third-order valence-electron chi connectivity index (χ3n) is 2.08. The molecule has 0 radical (unpaired) electrons. The van der Waals surface area contributed by atoms with Crippen LogP contribution in [0.4, 0.5) is 8.78 Å². The summed E-state index contributed by atoms with van der Waals surface area (Å²) in [5, 5.41) is 8.72. The number of alkyl halides is 2. The Balaban J connectivity index is 3.37. The molecule has 1 heterocycles. The summed E-state index contributed by atoms with van der Waals surface area (Å²) in [7, 11) is 2.47. The molecule has 0 amide bonds. The van der Waals surface area contributed by atoms with Crippen LogP contribution in [0.25, 0.3) is 0 Å². The fourth-order valence-electron chi connectivity index (χ4n) is 1.41. The van der Waals surface area contributed by atoms with Gasteiger partial charge in [-0.1, -0.05) is 0 Å². The van der Waals surface area contributed by atoms with Gasteiger partial charge >= 0.3 is 5.97 Å². The number of aromatic nitrogens is 1. The Kier molecular flexibility index (Phi) is 4.19. The highest BCUT2D eigenvalue weighted by Crippen LogP contribution is 2.35. The summed E-state index contributed by atoms with van der Waals surface area (Å²) in [4.78, 5) is 14.2. The fourth-order valence-corrected chi connectivity index (χ4v) is 1.41. The molecule has 1 aromatic rings. The third-order valence-corrected chi connectivity index (χ3v) is 2.08. The van der Waals surface area contributed by atoms with Crippen molar-refractivity contribution in [1.82, 2.24) is 4.98 Å². The molecule has 94 valence electrons. The molecule has 5 nitrogen and oxygen atoms in total. The quantitative estimate of drug-likeness (QED) is 0.857. The van der Waals surface area contributed by atoms with E-state index in [1.807, 2.05) is 0 Å². The zero-order chi connectivity index (χ0) is 13.0. The molecule has 1 aromatic heterocycles. The van der Waals surface area contributed by atoms with E-state index in [0.717, 1.165) is 6.20 Å². The van der Waals surface area contributed by atoms with Crippen LogP contribution in [-0.2, 0) is 11.2 Å². The minimum atomic E-state index is -2.84. The summed E-state index contributed by atoms with van der Waals surface area (Å²) in [6.07, 6.45) is -2.26. The van der Waals surface area contributed by atoms with E-state index in [9.17, 15) is 13.6 Å². The van der Waals surface area contributed by atoms with Gasteiger partial charge in [-0.05, 0) is 0 Å². The summed E-state index contributed by atoms with van der Waals surface area (Å²) in [6, 6.07) is 0. The molecule has 1 N–H and O–H groups in total. The van der Waals surface area contributed by atoms with Crippen LogP contribution < -0.4 is 9.47 Å². The normalized spacial score (nSPS) is 10.4. The predicted octanol–water partition coefficient (Wildman–Crippen LogP) is 1.66. The molecule has 1 rings (SSSR count). The second-order valence-electron chi connectivity index (χ2n) is 3.09. The lowest BCUT2D eigenvalue weighted by Crippen LogP contribution is -2.08. The Hall–Kier alpha value is -1.92. The molecule has 0 aliphatic rings.